The second kappa shape index (κ2) is 8.56. The Balaban J connectivity index is 1.69. The predicted octanol–water partition coefficient (Wildman–Crippen LogP) is 3.79. The zero-order valence-corrected chi connectivity index (χ0v) is 15.8. The van der Waals surface area contributed by atoms with E-state index in [1.165, 1.54) is 0 Å². The van der Waals surface area contributed by atoms with Crippen molar-refractivity contribution in [3.8, 4) is 5.75 Å². The maximum atomic E-state index is 12.7. The smallest absolute Gasteiger partial charge is 0.240 e. The average molecular weight is 375 g/mol. The minimum Gasteiger partial charge on any atom is -0.494 e. The Hall–Kier alpha value is -2.05. The van der Waals surface area contributed by atoms with E-state index in [0.717, 1.165) is 37.1 Å². The monoisotopic (exact) mass is 374 g/mol. The van der Waals surface area contributed by atoms with Crippen molar-refractivity contribution in [3.05, 3.63) is 54.6 Å². The van der Waals surface area contributed by atoms with Crippen molar-refractivity contribution >= 4 is 15.7 Å². The summed E-state index contributed by atoms with van der Waals surface area (Å²) in [5.74, 6) is 0.836. The van der Waals surface area contributed by atoms with Crippen molar-refractivity contribution in [3.63, 3.8) is 0 Å². The lowest BCUT2D eigenvalue weighted by molar-refractivity contribution is 0.340. The number of hydrogen-bond acceptors (Lipinski definition) is 4. The van der Waals surface area contributed by atoms with Gasteiger partial charge in [-0.2, -0.15) is 0 Å². The average Bonchev–Trinajstić information content (AvgIpc) is 2.66. The summed E-state index contributed by atoms with van der Waals surface area (Å²) in [5, 5.41) is 3.49. The molecular formula is C20H26N2O3S. The first-order valence-corrected chi connectivity index (χ1v) is 10.6. The first-order chi connectivity index (χ1) is 12.6. The quantitative estimate of drug-likeness (QED) is 0.774. The van der Waals surface area contributed by atoms with E-state index in [0.29, 0.717) is 11.5 Å². The molecule has 2 aromatic carbocycles. The van der Waals surface area contributed by atoms with E-state index >= 15 is 0 Å². The minimum absolute atomic E-state index is 0.0696. The van der Waals surface area contributed by atoms with Crippen LogP contribution in [0, 0.1) is 0 Å². The van der Waals surface area contributed by atoms with Crippen LogP contribution in [0.2, 0.25) is 0 Å². The molecular weight excluding hydrogens is 348 g/mol. The lowest BCUT2D eigenvalue weighted by atomic mass is 9.91. The van der Waals surface area contributed by atoms with Gasteiger partial charge in [-0.15, -0.1) is 0 Å². The van der Waals surface area contributed by atoms with Crippen LogP contribution >= 0.6 is 0 Å². The molecule has 0 spiro atoms. The van der Waals surface area contributed by atoms with Crippen LogP contribution in [-0.4, -0.2) is 27.1 Å². The zero-order valence-electron chi connectivity index (χ0n) is 15.0. The van der Waals surface area contributed by atoms with E-state index in [1.54, 1.807) is 24.3 Å². The highest BCUT2D eigenvalue weighted by Gasteiger charge is 2.29. The van der Waals surface area contributed by atoms with Crippen LogP contribution in [0.3, 0.4) is 0 Å². The molecule has 0 amide bonds. The molecule has 0 aliphatic heterocycles. The van der Waals surface area contributed by atoms with Gasteiger partial charge in [0.2, 0.25) is 10.0 Å². The first kappa shape index (κ1) is 18.7. The Morgan fingerprint density at radius 3 is 2.27 bits per heavy atom. The van der Waals surface area contributed by atoms with Crippen LogP contribution in [0.5, 0.6) is 5.75 Å². The van der Waals surface area contributed by atoms with Crippen LogP contribution in [0.25, 0.3) is 0 Å². The molecule has 6 heteroatoms. The number of rotatable bonds is 7. The lowest BCUT2D eigenvalue weighted by Crippen LogP contribution is -2.48. The Morgan fingerprint density at radius 2 is 1.62 bits per heavy atom. The van der Waals surface area contributed by atoms with Gasteiger partial charge in [0.15, 0.2) is 0 Å². The van der Waals surface area contributed by atoms with Crippen molar-refractivity contribution in [2.24, 2.45) is 0 Å². The van der Waals surface area contributed by atoms with Gasteiger partial charge in [-0.25, -0.2) is 13.1 Å². The largest absolute Gasteiger partial charge is 0.494 e. The minimum atomic E-state index is -3.51. The summed E-state index contributed by atoms with van der Waals surface area (Å²) in [5.41, 5.74) is 0.976. The highest BCUT2D eigenvalue weighted by Crippen LogP contribution is 2.25. The standard InChI is InChI=1S/C20H26N2O3S/c1-2-25-17-14-12-16(13-15-17)21-19-10-6-7-11-20(19)22-26(23,24)18-8-4-3-5-9-18/h3-5,8-9,12-15,19-22H,2,6-7,10-11H2,1H3/t19-,20-/m0/s1. The first-order valence-electron chi connectivity index (χ1n) is 9.15. The lowest BCUT2D eigenvalue weighted by Gasteiger charge is -2.33. The van der Waals surface area contributed by atoms with Crippen LogP contribution in [0.15, 0.2) is 59.5 Å². The van der Waals surface area contributed by atoms with Crippen molar-refractivity contribution in [2.75, 3.05) is 11.9 Å². The summed E-state index contributed by atoms with van der Waals surface area (Å²) in [6, 6.07) is 16.3. The Labute approximate surface area is 155 Å². The normalized spacial score (nSPS) is 20.5. The third kappa shape index (κ3) is 4.77. The van der Waals surface area contributed by atoms with Gasteiger partial charge in [0.1, 0.15) is 5.75 Å². The number of sulfonamides is 1. The molecule has 140 valence electrons. The highest BCUT2D eigenvalue weighted by molar-refractivity contribution is 7.89. The van der Waals surface area contributed by atoms with E-state index in [2.05, 4.69) is 10.0 Å². The number of nitrogens with one attached hydrogen (secondary N) is 2. The molecule has 0 aromatic heterocycles. The Kier molecular flexibility index (Phi) is 6.16. The van der Waals surface area contributed by atoms with E-state index < -0.39 is 10.0 Å². The molecule has 1 saturated carbocycles. The topological polar surface area (TPSA) is 67.4 Å². The van der Waals surface area contributed by atoms with Gasteiger partial charge in [-0.05, 0) is 56.2 Å². The van der Waals surface area contributed by atoms with Crippen molar-refractivity contribution < 1.29 is 13.2 Å². The molecule has 0 bridgehead atoms. The van der Waals surface area contributed by atoms with Crippen molar-refractivity contribution in [1.29, 1.82) is 0 Å². The van der Waals surface area contributed by atoms with Crippen LogP contribution in [0.4, 0.5) is 5.69 Å². The fourth-order valence-corrected chi connectivity index (χ4v) is 4.67. The van der Waals surface area contributed by atoms with Gasteiger partial charge in [0, 0.05) is 17.8 Å². The van der Waals surface area contributed by atoms with Crippen LogP contribution in [0.1, 0.15) is 32.6 Å². The molecule has 1 fully saturated rings. The fraction of sp³-hybridized carbons (Fsp3) is 0.400. The van der Waals surface area contributed by atoms with Crippen molar-refractivity contribution in [2.45, 2.75) is 49.6 Å². The second-order valence-electron chi connectivity index (χ2n) is 6.53. The van der Waals surface area contributed by atoms with Gasteiger partial charge in [0.05, 0.1) is 11.5 Å². The number of anilines is 1. The van der Waals surface area contributed by atoms with Gasteiger partial charge >= 0.3 is 0 Å². The molecule has 2 aromatic rings. The summed E-state index contributed by atoms with van der Waals surface area (Å²) in [6.45, 7) is 2.59. The van der Waals surface area contributed by atoms with Gasteiger partial charge in [-0.1, -0.05) is 31.0 Å². The van der Waals surface area contributed by atoms with Gasteiger partial charge < -0.3 is 10.1 Å². The maximum absolute atomic E-state index is 12.7. The summed E-state index contributed by atoms with van der Waals surface area (Å²) >= 11 is 0. The Morgan fingerprint density at radius 1 is 0.962 bits per heavy atom. The van der Waals surface area contributed by atoms with E-state index in [-0.39, 0.29) is 12.1 Å². The molecule has 0 saturated heterocycles. The third-order valence-electron chi connectivity index (χ3n) is 4.64. The molecule has 2 N–H and O–H groups in total. The molecule has 0 unspecified atom stereocenters. The zero-order chi connectivity index (χ0) is 18.4. The number of benzene rings is 2. The predicted molar refractivity (Wildman–Crippen MR) is 104 cm³/mol. The van der Waals surface area contributed by atoms with Gasteiger partial charge in [0.25, 0.3) is 0 Å². The second-order valence-corrected chi connectivity index (χ2v) is 8.25. The van der Waals surface area contributed by atoms with E-state index in [9.17, 15) is 8.42 Å². The third-order valence-corrected chi connectivity index (χ3v) is 6.15. The molecule has 0 heterocycles. The molecule has 3 rings (SSSR count). The number of hydrogen-bond donors (Lipinski definition) is 2. The molecule has 1 aliphatic carbocycles. The van der Waals surface area contributed by atoms with Crippen molar-refractivity contribution in [1.82, 2.24) is 4.72 Å². The molecule has 2 atom stereocenters. The Bertz CT molecular complexity index is 792. The van der Waals surface area contributed by atoms with E-state index in [4.69, 9.17) is 4.74 Å². The summed E-state index contributed by atoms with van der Waals surface area (Å²) < 4.78 is 33.7. The van der Waals surface area contributed by atoms with E-state index in [1.807, 2.05) is 37.3 Å². The van der Waals surface area contributed by atoms with Crippen LogP contribution in [-0.2, 0) is 10.0 Å². The highest BCUT2D eigenvalue weighted by atomic mass is 32.2. The fourth-order valence-electron chi connectivity index (χ4n) is 3.34. The summed E-state index contributed by atoms with van der Waals surface area (Å²) in [7, 11) is -3.51. The van der Waals surface area contributed by atoms with Gasteiger partial charge in [-0.3, -0.25) is 0 Å². The summed E-state index contributed by atoms with van der Waals surface area (Å²) in [6.07, 6.45) is 3.90. The molecule has 0 radical (unpaired) electrons. The maximum Gasteiger partial charge on any atom is 0.240 e. The SMILES string of the molecule is CCOc1ccc(N[C@H]2CCCC[C@@H]2NS(=O)(=O)c2ccccc2)cc1. The molecule has 5 nitrogen and oxygen atoms in total. The summed E-state index contributed by atoms with van der Waals surface area (Å²) in [4.78, 5) is 0.311. The molecule has 1 aliphatic rings. The number of ether oxygens (including phenoxy) is 1. The van der Waals surface area contributed by atoms with Crippen LogP contribution < -0.4 is 14.8 Å². The molecule has 26 heavy (non-hydrogen) atoms.